The normalized spacial score (nSPS) is 19.1. The molecule has 30 heavy (non-hydrogen) atoms. The van der Waals surface area contributed by atoms with Gasteiger partial charge in [0.2, 0.25) is 0 Å². The van der Waals surface area contributed by atoms with Gasteiger partial charge in [0.15, 0.2) is 23.2 Å². The Labute approximate surface area is 172 Å². The number of hydrogen-bond donors (Lipinski definition) is 3. The summed E-state index contributed by atoms with van der Waals surface area (Å²) in [4.78, 5) is 16.6. The zero-order valence-electron chi connectivity index (χ0n) is 16.6. The lowest BCUT2D eigenvalue weighted by atomic mass is 9.91. The molecular formula is C23H23F2N3O2. The molecule has 156 valence electrons. The molecule has 3 aromatic rings. The average molecular weight is 411 g/mol. The van der Waals surface area contributed by atoms with E-state index in [4.69, 9.17) is 5.73 Å². The Morgan fingerprint density at radius 2 is 1.77 bits per heavy atom. The van der Waals surface area contributed by atoms with Crippen molar-refractivity contribution in [2.24, 2.45) is 5.73 Å². The van der Waals surface area contributed by atoms with Crippen molar-refractivity contribution in [2.75, 3.05) is 5.32 Å². The Bertz CT molecular complexity index is 1100. The number of anilines is 1. The lowest BCUT2D eigenvalue weighted by Crippen LogP contribution is -2.33. The molecule has 5 nitrogen and oxygen atoms in total. The van der Waals surface area contributed by atoms with Gasteiger partial charge in [-0.25, -0.2) is 8.78 Å². The molecule has 1 aliphatic rings. The van der Waals surface area contributed by atoms with Gasteiger partial charge in [-0.05, 0) is 68.0 Å². The molecule has 0 atom stereocenters. The summed E-state index contributed by atoms with van der Waals surface area (Å²) in [5.74, 6) is -3.18. The topological polar surface area (TPSA) is 88.2 Å². The highest BCUT2D eigenvalue weighted by Gasteiger charge is 2.22. The van der Waals surface area contributed by atoms with Gasteiger partial charge in [0.05, 0.1) is 16.8 Å². The predicted octanol–water partition coefficient (Wildman–Crippen LogP) is 4.77. The first kappa shape index (κ1) is 20.2. The summed E-state index contributed by atoms with van der Waals surface area (Å²) in [5, 5.41) is 13.6. The van der Waals surface area contributed by atoms with Gasteiger partial charge in [0.25, 0.3) is 0 Å². The summed E-state index contributed by atoms with van der Waals surface area (Å²) in [5.41, 5.74) is 8.66. The van der Waals surface area contributed by atoms with Crippen LogP contribution in [-0.4, -0.2) is 28.0 Å². The van der Waals surface area contributed by atoms with Crippen molar-refractivity contribution >= 4 is 22.4 Å². The minimum Gasteiger partial charge on any atom is -0.503 e. The molecule has 7 heteroatoms. The van der Waals surface area contributed by atoms with E-state index in [0.29, 0.717) is 27.7 Å². The Kier molecular flexibility index (Phi) is 5.39. The highest BCUT2D eigenvalue weighted by molar-refractivity contribution is 6.07. The maximum Gasteiger partial charge on any atom is 0.187 e. The van der Waals surface area contributed by atoms with Crippen LogP contribution in [0.1, 0.15) is 43.0 Å². The second-order valence-electron chi connectivity index (χ2n) is 7.88. The molecule has 0 saturated heterocycles. The van der Waals surface area contributed by atoms with Crippen molar-refractivity contribution in [3.63, 3.8) is 0 Å². The van der Waals surface area contributed by atoms with E-state index in [1.807, 2.05) is 0 Å². The van der Waals surface area contributed by atoms with E-state index in [1.165, 1.54) is 6.92 Å². The SMILES string of the molecule is CC(=O)c1cnc2ccc(-c3cc(F)c(O)c(F)c3)cc2c1NC1CCC(N)CC1. The molecule has 0 bridgehead atoms. The number of nitrogens with zero attached hydrogens (tertiary/aromatic N) is 1. The summed E-state index contributed by atoms with van der Waals surface area (Å²) in [6.45, 7) is 1.49. The standard InChI is InChI=1S/C23H23F2N3O2/c1-12(29)18-11-27-21-7-2-13(14-9-19(24)23(30)20(25)10-14)8-17(21)22(18)28-16-5-3-15(26)4-6-16/h2,7-11,15-16,30H,3-6,26H2,1H3,(H,27,28). The number of benzene rings is 2. The van der Waals surface area contributed by atoms with E-state index in [0.717, 1.165) is 37.8 Å². The monoisotopic (exact) mass is 411 g/mol. The zero-order valence-corrected chi connectivity index (χ0v) is 16.6. The number of aromatic hydroxyl groups is 1. The number of phenols is 1. The first-order chi connectivity index (χ1) is 14.3. The number of carbonyl (C=O) groups excluding carboxylic acids is 1. The number of rotatable bonds is 4. The van der Waals surface area contributed by atoms with Gasteiger partial charge in [-0.2, -0.15) is 0 Å². The first-order valence-electron chi connectivity index (χ1n) is 9.97. The maximum atomic E-state index is 13.9. The minimum atomic E-state index is -1.03. The molecule has 1 aliphatic carbocycles. The van der Waals surface area contributed by atoms with Crippen LogP contribution in [0, 0.1) is 11.6 Å². The second kappa shape index (κ2) is 7.99. The number of carbonyl (C=O) groups is 1. The van der Waals surface area contributed by atoms with Gasteiger partial charge in [0, 0.05) is 23.7 Å². The number of pyridine rings is 1. The van der Waals surface area contributed by atoms with Gasteiger partial charge < -0.3 is 16.2 Å². The number of nitrogens with one attached hydrogen (secondary N) is 1. The van der Waals surface area contributed by atoms with Crippen LogP contribution in [0.4, 0.5) is 14.5 Å². The molecule has 0 amide bonds. The van der Waals surface area contributed by atoms with Crippen molar-refractivity contribution < 1.29 is 18.7 Å². The maximum absolute atomic E-state index is 13.9. The van der Waals surface area contributed by atoms with E-state index < -0.39 is 17.4 Å². The average Bonchev–Trinajstić information content (AvgIpc) is 2.73. The van der Waals surface area contributed by atoms with Gasteiger partial charge in [-0.1, -0.05) is 6.07 Å². The second-order valence-corrected chi connectivity index (χ2v) is 7.88. The van der Waals surface area contributed by atoms with Gasteiger partial charge in [0.1, 0.15) is 0 Å². The molecular weight excluding hydrogens is 388 g/mol. The summed E-state index contributed by atoms with van der Waals surface area (Å²) in [7, 11) is 0. The number of halogens is 2. The predicted molar refractivity (Wildman–Crippen MR) is 113 cm³/mol. The third-order valence-electron chi connectivity index (χ3n) is 5.72. The molecule has 4 N–H and O–H groups in total. The Hall–Kier alpha value is -3.06. The summed E-state index contributed by atoms with van der Waals surface area (Å²) in [6, 6.07) is 7.76. The van der Waals surface area contributed by atoms with Crippen LogP contribution < -0.4 is 11.1 Å². The number of ketones is 1. The Morgan fingerprint density at radius 1 is 1.10 bits per heavy atom. The van der Waals surface area contributed by atoms with E-state index in [2.05, 4.69) is 10.3 Å². The van der Waals surface area contributed by atoms with Crippen LogP contribution >= 0.6 is 0 Å². The van der Waals surface area contributed by atoms with E-state index >= 15 is 0 Å². The van der Waals surface area contributed by atoms with Gasteiger partial charge in [-0.3, -0.25) is 9.78 Å². The fraction of sp³-hybridized carbons (Fsp3) is 0.304. The third kappa shape index (κ3) is 3.85. The number of nitrogens with two attached hydrogens (primary N) is 1. The van der Waals surface area contributed by atoms with Crippen LogP contribution in [0.25, 0.3) is 22.0 Å². The molecule has 1 saturated carbocycles. The highest BCUT2D eigenvalue weighted by atomic mass is 19.1. The summed E-state index contributed by atoms with van der Waals surface area (Å²) >= 11 is 0. The van der Waals surface area contributed by atoms with E-state index in [1.54, 1.807) is 24.4 Å². The lowest BCUT2D eigenvalue weighted by molar-refractivity contribution is 0.101. The van der Waals surface area contributed by atoms with Crippen molar-refractivity contribution in [3.8, 4) is 16.9 Å². The van der Waals surface area contributed by atoms with Crippen LogP contribution in [0.2, 0.25) is 0 Å². The van der Waals surface area contributed by atoms with Gasteiger partial charge in [-0.15, -0.1) is 0 Å². The largest absolute Gasteiger partial charge is 0.503 e. The number of hydrogen-bond acceptors (Lipinski definition) is 5. The minimum absolute atomic E-state index is 0.119. The van der Waals surface area contributed by atoms with Crippen molar-refractivity contribution in [1.29, 1.82) is 0 Å². The molecule has 1 aromatic heterocycles. The molecule has 0 spiro atoms. The molecule has 1 fully saturated rings. The van der Waals surface area contributed by atoms with Crippen LogP contribution in [0.3, 0.4) is 0 Å². The molecule has 0 unspecified atom stereocenters. The Balaban J connectivity index is 1.82. The van der Waals surface area contributed by atoms with Crippen molar-refractivity contribution in [3.05, 3.63) is 53.7 Å². The summed E-state index contributed by atoms with van der Waals surface area (Å²) in [6.07, 6.45) is 5.18. The number of Topliss-reactive ketones (excluding diaryl/α,β-unsaturated/α-hetero) is 1. The van der Waals surface area contributed by atoms with E-state index in [9.17, 15) is 18.7 Å². The molecule has 0 aliphatic heterocycles. The molecule has 4 rings (SSSR count). The quantitative estimate of drug-likeness (QED) is 0.538. The molecule has 1 heterocycles. The van der Waals surface area contributed by atoms with Crippen molar-refractivity contribution in [1.82, 2.24) is 4.98 Å². The highest BCUT2D eigenvalue weighted by Crippen LogP contribution is 2.34. The van der Waals surface area contributed by atoms with Crippen LogP contribution in [0.5, 0.6) is 5.75 Å². The number of phenolic OH excluding ortho intramolecular Hbond substituents is 1. The van der Waals surface area contributed by atoms with Crippen LogP contribution in [-0.2, 0) is 0 Å². The zero-order chi connectivity index (χ0) is 21.4. The summed E-state index contributed by atoms with van der Waals surface area (Å²) < 4.78 is 27.7. The lowest BCUT2D eigenvalue weighted by Gasteiger charge is -2.28. The third-order valence-corrected chi connectivity index (χ3v) is 5.72. The molecule has 2 aromatic carbocycles. The fourth-order valence-electron chi connectivity index (χ4n) is 3.99. The smallest absolute Gasteiger partial charge is 0.187 e. The van der Waals surface area contributed by atoms with E-state index in [-0.39, 0.29) is 23.4 Å². The first-order valence-corrected chi connectivity index (χ1v) is 9.97. The number of aromatic nitrogens is 1. The number of fused-ring (bicyclic) bond motifs is 1. The Morgan fingerprint density at radius 3 is 2.40 bits per heavy atom. The molecule has 0 radical (unpaired) electrons. The van der Waals surface area contributed by atoms with Crippen molar-refractivity contribution in [2.45, 2.75) is 44.7 Å². The fourth-order valence-corrected chi connectivity index (χ4v) is 3.99. The van der Waals surface area contributed by atoms with Crippen LogP contribution in [0.15, 0.2) is 36.5 Å². The van der Waals surface area contributed by atoms with Gasteiger partial charge >= 0.3 is 0 Å².